The Bertz CT molecular complexity index is 221. The number of likely N-dealkylation sites (N-methyl/N-ethyl adjacent to an activating group) is 1. The van der Waals surface area contributed by atoms with Gasteiger partial charge in [0.15, 0.2) is 0 Å². The largest absolute Gasteiger partial charge is 0.394 e. The molecule has 2 unspecified atom stereocenters. The van der Waals surface area contributed by atoms with Gasteiger partial charge in [0.25, 0.3) is 0 Å². The Morgan fingerprint density at radius 2 is 2.20 bits per heavy atom. The van der Waals surface area contributed by atoms with Gasteiger partial charge in [-0.25, -0.2) is 0 Å². The number of carbonyl (C=O) groups is 1. The molecular formula is C11H22N2O2. The highest BCUT2D eigenvalue weighted by molar-refractivity contribution is 5.82. The summed E-state index contributed by atoms with van der Waals surface area (Å²) in [4.78, 5) is 15.7. The third kappa shape index (κ3) is 2.69. The smallest absolute Gasteiger partial charge is 0.242 e. The average Bonchev–Trinajstić information content (AvgIpc) is 2.23. The van der Waals surface area contributed by atoms with E-state index in [9.17, 15) is 9.90 Å². The molecule has 2 atom stereocenters. The SMILES string of the molecule is CCCCN1CC(C)N(C)C(=O)C1CO. The number of piperazine rings is 1. The number of unbranched alkanes of at least 4 members (excludes halogenated alkanes) is 1. The molecule has 1 amide bonds. The second-order valence-electron chi connectivity index (χ2n) is 4.35. The summed E-state index contributed by atoms with van der Waals surface area (Å²) < 4.78 is 0. The average molecular weight is 214 g/mol. The first-order valence-corrected chi connectivity index (χ1v) is 5.73. The van der Waals surface area contributed by atoms with Crippen molar-refractivity contribution in [2.45, 2.75) is 38.8 Å². The Labute approximate surface area is 91.9 Å². The van der Waals surface area contributed by atoms with Crippen molar-refractivity contribution in [2.75, 3.05) is 26.7 Å². The van der Waals surface area contributed by atoms with Crippen molar-refractivity contribution in [3.63, 3.8) is 0 Å². The lowest BCUT2D eigenvalue weighted by atomic mass is 10.1. The Morgan fingerprint density at radius 1 is 1.53 bits per heavy atom. The van der Waals surface area contributed by atoms with Crippen molar-refractivity contribution in [1.29, 1.82) is 0 Å². The summed E-state index contributed by atoms with van der Waals surface area (Å²) in [6.07, 6.45) is 2.20. The molecule has 0 radical (unpaired) electrons. The van der Waals surface area contributed by atoms with Gasteiger partial charge in [-0.15, -0.1) is 0 Å². The number of hydrogen-bond donors (Lipinski definition) is 1. The van der Waals surface area contributed by atoms with E-state index in [2.05, 4.69) is 11.8 Å². The van der Waals surface area contributed by atoms with Crippen LogP contribution in [0.1, 0.15) is 26.7 Å². The fourth-order valence-corrected chi connectivity index (χ4v) is 2.00. The Morgan fingerprint density at radius 3 is 2.73 bits per heavy atom. The molecule has 1 saturated heterocycles. The minimum absolute atomic E-state index is 0.0485. The molecule has 0 aromatic rings. The van der Waals surface area contributed by atoms with E-state index in [-0.39, 0.29) is 24.6 Å². The topological polar surface area (TPSA) is 43.8 Å². The van der Waals surface area contributed by atoms with Gasteiger partial charge in [0.1, 0.15) is 6.04 Å². The van der Waals surface area contributed by atoms with Gasteiger partial charge in [-0.3, -0.25) is 9.69 Å². The van der Waals surface area contributed by atoms with Crippen molar-refractivity contribution >= 4 is 5.91 Å². The third-order valence-corrected chi connectivity index (χ3v) is 3.21. The normalized spacial score (nSPS) is 28.5. The fraction of sp³-hybridized carbons (Fsp3) is 0.909. The van der Waals surface area contributed by atoms with Crippen LogP contribution in [0, 0.1) is 0 Å². The zero-order valence-electron chi connectivity index (χ0n) is 9.94. The first kappa shape index (κ1) is 12.5. The summed E-state index contributed by atoms with van der Waals surface area (Å²) in [5, 5.41) is 9.25. The first-order chi connectivity index (χ1) is 7.11. The minimum Gasteiger partial charge on any atom is -0.394 e. The van der Waals surface area contributed by atoms with Crippen LogP contribution in [0.2, 0.25) is 0 Å². The first-order valence-electron chi connectivity index (χ1n) is 5.73. The third-order valence-electron chi connectivity index (χ3n) is 3.21. The highest BCUT2D eigenvalue weighted by Crippen LogP contribution is 2.15. The maximum atomic E-state index is 11.9. The summed E-state index contributed by atoms with van der Waals surface area (Å²) in [5.74, 6) is 0.0485. The molecule has 0 spiro atoms. The second kappa shape index (κ2) is 5.47. The zero-order chi connectivity index (χ0) is 11.4. The molecule has 0 saturated carbocycles. The lowest BCUT2D eigenvalue weighted by Gasteiger charge is -2.42. The van der Waals surface area contributed by atoms with Crippen LogP contribution in [-0.4, -0.2) is 59.6 Å². The number of carbonyl (C=O) groups excluding carboxylic acids is 1. The maximum absolute atomic E-state index is 11.9. The predicted octanol–water partition coefficient (Wildman–Crippen LogP) is 0.310. The lowest BCUT2D eigenvalue weighted by Crippen LogP contribution is -2.60. The van der Waals surface area contributed by atoms with Crippen LogP contribution in [0.4, 0.5) is 0 Å². The molecule has 0 aromatic carbocycles. The van der Waals surface area contributed by atoms with Gasteiger partial charge in [-0.2, -0.15) is 0 Å². The Hall–Kier alpha value is -0.610. The van der Waals surface area contributed by atoms with Gasteiger partial charge in [0.2, 0.25) is 5.91 Å². The van der Waals surface area contributed by atoms with E-state index in [0.29, 0.717) is 0 Å². The molecule has 1 rings (SSSR count). The van der Waals surface area contributed by atoms with Gasteiger partial charge in [0, 0.05) is 19.6 Å². The van der Waals surface area contributed by atoms with Crippen LogP contribution < -0.4 is 0 Å². The lowest BCUT2D eigenvalue weighted by molar-refractivity contribution is -0.145. The summed E-state index contributed by atoms with van der Waals surface area (Å²) in [5.41, 5.74) is 0. The van der Waals surface area contributed by atoms with Crippen LogP contribution in [-0.2, 0) is 4.79 Å². The summed E-state index contributed by atoms with van der Waals surface area (Å²) in [7, 11) is 1.81. The molecule has 1 heterocycles. The monoisotopic (exact) mass is 214 g/mol. The number of nitrogens with zero attached hydrogens (tertiary/aromatic N) is 2. The molecule has 1 aliphatic rings. The zero-order valence-corrected chi connectivity index (χ0v) is 9.94. The van der Waals surface area contributed by atoms with Gasteiger partial charge in [-0.1, -0.05) is 13.3 Å². The molecular weight excluding hydrogens is 192 g/mol. The van der Waals surface area contributed by atoms with Crippen LogP contribution in [0.15, 0.2) is 0 Å². The number of aliphatic hydroxyl groups excluding tert-OH is 1. The van der Waals surface area contributed by atoms with Crippen LogP contribution in [0.25, 0.3) is 0 Å². The maximum Gasteiger partial charge on any atom is 0.242 e. The molecule has 4 nitrogen and oxygen atoms in total. The highest BCUT2D eigenvalue weighted by atomic mass is 16.3. The van der Waals surface area contributed by atoms with Crippen LogP contribution >= 0.6 is 0 Å². The van der Waals surface area contributed by atoms with E-state index in [1.807, 2.05) is 14.0 Å². The summed E-state index contributed by atoms with van der Waals surface area (Å²) in [6.45, 7) is 5.89. The fourth-order valence-electron chi connectivity index (χ4n) is 2.00. The van der Waals surface area contributed by atoms with Crippen molar-refractivity contribution in [3.05, 3.63) is 0 Å². The summed E-state index contributed by atoms with van der Waals surface area (Å²) >= 11 is 0. The van der Waals surface area contributed by atoms with E-state index in [1.165, 1.54) is 0 Å². The number of aliphatic hydroxyl groups is 1. The predicted molar refractivity (Wildman–Crippen MR) is 59.6 cm³/mol. The molecule has 1 aliphatic heterocycles. The molecule has 4 heteroatoms. The van der Waals surface area contributed by atoms with E-state index >= 15 is 0 Å². The van der Waals surface area contributed by atoms with Gasteiger partial charge in [0.05, 0.1) is 6.61 Å². The number of rotatable bonds is 4. The summed E-state index contributed by atoms with van der Waals surface area (Å²) in [6, 6.07) is -0.0742. The molecule has 0 bridgehead atoms. The van der Waals surface area contributed by atoms with Crippen LogP contribution in [0.5, 0.6) is 0 Å². The quantitative estimate of drug-likeness (QED) is 0.732. The second-order valence-corrected chi connectivity index (χ2v) is 4.35. The molecule has 88 valence electrons. The molecule has 1 N–H and O–H groups in total. The number of hydrogen-bond acceptors (Lipinski definition) is 3. The number of amides is 1. The molecule has 0 aliphatic carbocycles. The van der Waals surface area contributed by atoms with E-state index in [4.69, 9.17) is 0 Å². The van der Waals surface area contributed by atoms with Crippen molar-refractivity contribution in [3.8, 4) is 0 Å². The standard InChI is InChI=1S/C11H22N2O2/c1-4-5-6-13-7-9(2)12(3)11(15)10(13)8-14/h9-10,14H,4-8H2,1-3H3. The van der Waals surface area contributed by atoms with Crippen molar-refractivity contribution in [2.24, 2.45) is 0 Å². The Kier molecular flexibility index (Phi) is 4.54. The molecule has 0 aromatic heterocycles. The van der Waals surface area contributed by atoms with E-state index in [0.717, 1.165) is 25.9 Å². The molecule has 15 heavy (non-hydrogen) atoms. The van der Waals surface area contributed by atoms with Crippen molar-refractivity contribution < 1.29 is 9.90 Å². The van der Waals surface area contributed by atoms with Gasteiger partial charge < -0.3 is 10.0 Å². The van der Waals surface area contributed by atoms with Gasteiger partial charge in [-0.05, 0) is 19.9 Å². The van der Waals surface area contributed by atoms with Gasteiger partial charge >= 0.3 is 0 Å². The van der Waals surface area contributed by atoms with Crippen molar-refractivity contribution in [1.82, 2.24) is 9.80 Å². The van der Waals surface area contributed by atoms with E-state index in [1.54, 1.807) is 4.90 Å². The Balaban J connectivity index is 2.64. The molecule has 1 fully saturated rings. The van der Waals surface area contributed by atoms with Crippen LogP contribution in [0.3, 0.4) is 0 Å². The van der Waals surface area contributed by atoms with E-state index < -0.39 is 0 Å². The minimum atomic E-state index is -0.322. The highest BCUT2D eigenvalue weighted by Gasteiger charge is 2.35.